The number of hydrogen-bond donors (Lipinski definition) is 1. The van der Waals surface area contributed by atoms with Crippen molar-refractivity contribution >= 4 is 23.0 Å². The molecule has 2 N–H and O–H groups in total. The monoisotopic (exact) mass is 427 g/mol. The third-order valence-corrected chi connectivity index (χ3v) is 4.83. The van der Waals surface area contributed by atoms with Crippen LogP contribution < -0.4 is 5.73 Å². The minimum absolute atomic E-state index is 0.0226. The maximum absolute atomic E-state index is 11.4. The van der Waals surface area contributed by atoms with Crippen molar-refractivity contribution in [1.82, 2.24) is 19.6 Å². The summed E-state index contributed by atoms with van der Waals surface area (Å²) in [6.07, 6.45) is 0. The molecule has 2 aromatic heterocycles. The lowest BCUT2D eigenvalue weighted by molar-refractivity contribution is -0.384. The fourth-order valence-corrected chi connectivity index (χ4v) is 3.24. The molecule has 4 rings (SSSR count). The lowest BCUT2D eigenvalue weighted by atomic mass is 10.2. The zero-order valence-electron chi connectivity index (χ0n) is 17.2. The van der Waals surface area contributed by atoms with E-state index in [1.807, 2.05) is 36.4 Å². The molecule has 11 heteroatoms. The second-order valence-corrected chi connectivity index (χ2v) is 6.82. The third kappa shape index (κ3) is 3.46. The zero-order valence-corrected chi connectivity index (χ0v) is 17.2. The lowest BCUT2D eigenvalue weighted by Gasteiger charge is -2.04. The molecular weight excluding hydrogens is 410 g/mol. The zero-order chi connectivity index (χ0) is 22.8. The van der Waals surface area contributed by atoms with Crippen LogP contribution in [0.5, 0.6) is 0 Å². The minimum Gasteiger partial charge on any atom is -0.382 e. The number of aryl methyl sites for hydroxylation is 1. The number of nitro benzene ring substituents is 1. The van der Waals surface area contributed by atoms with E-state index in [4.69, 9.17) is 5.73 Å². The van der Waals surface area contributed by atoms with E-state index in [1.54, 1.807) is 36.7 Å². The normalized spacial score (nSPS) is 11.0. The number of aromatic nitrogens is 4. The van der Waals surface area contributed by atoms with Crippen LogP contribution in [0.4, 0.5) is 23.0 Å². The van der Waals surface area contributed by atoms with Gasteiger partial charge in [0.1, 0.15) is 17.3 Å². The van der Waals surface area contributed by atoms with E-state index >= 15 is 0 Å². The molecule has 0 fully saturated rings. The van der Waals surface area contributed by atoms with Crippen LogP contribution in [-0.2, 0) is 0 Å². The van der Waals surface area contributed by atoms with Gasteiger partial charge in [-0.25, -0.2) is 9.36 Å². The molecule has 158 valence electrons. The van der Waals surface area contributed by atoms with Crippen LogP contribution in [0, 0.1) is 35.3 Å². The molecule has 0 radical (unpaired) electrons. The van der Waals surface area contributed by atoms with E-state index in [-0.39, 0.29) is 28.6 Å². The van der Waals surface area contributed by atoms with Gasteiger partial charge in [0.25, 0.3) is 5.69 Å². The number of azo groups is 1. The molecule has 0 aliphatic rings. The molecule has 0 aliphatic carbocycles. The molecule has 0 unspecified atom stereocenters. The Kier molecular flexibility index (Phi) is 5.18. The summed E-state index contributed by atoms with van der Waals surface area (Å²) < 4.78 is 2.86. The molecule has 4 aromatic rings. The molecule has 32 heavy (non-hydrogen) atoms. The van der Waals surface area contributed by atoms with Crippen molar-refractivity contribution in [2.45, 2.75) is 13.8 Å². The van der Waals surface area contributed by atoms with Crippen LogP contribution in [0.25, 0.3) is 11.4 Å². The number of nitrogen functional groups attached to an aromatic ring is 1. The highest BCUT2D eigenvalue weighted by Gasteiger charge is 2.22. The molecule has 0 saturated heterocycles. The second kappa shape index (κ2) is 8.11. The summed E-state index contributed by atoms with van der Waals surface area (Å²) in [7, 11) is 0. The molecular formula is C21H17N9O2. The highest BCUT2D eigenvalue weighted by Crippen LogP contribution is 2.32. The Labute approximate surface area is 182 Å². The average molecular weight is 427 g/mol. The Morgan fingerprint density at radius 2 is 1.72 bits per heavy atom. The molecule has 0 atom stereocenters. The van der Waals surface area contributed by atoms with Crippen molar-refractivity contribution in [3.63, 3.8) is 0 Å². The van der Waals surface area contributed by atoms with Crippen molar-refractivity contribution in [2.75, 3.05) is 5.73 Å². The molecule has 0 saturated carbocycles. The number of benzene rings is 2. The molecule has 0 aliphatic heterocycles. The Balaban J connectivity index is 1.78. The van der Waals surface area contributed by atoms with Crippen molar-refractivity contribution in [3.05, 3.63) is 81.7 Å². The number of rotatable bonds is 5. The first-order chi connectivity index (χ1) is 15.4. The topological polar surface area (TPSA) is 153 Å². The number of hydrogen-bond acceptors (Lipinski definition) is 8. The van der Waals surface area contributed by atoms with E-state index in [1.165, 1.54) is 10.7 Å². The van der Waals surface area contributed by atoms with Gasteiger partial charge >= 0.3 is 0 Å². The van der Waals surface area contributed by atoms with Gasteiger partial charge in [-0.3, -0.25) is 10.1 Å². The van der Waals surface area contributed by atoms with Crippen LogP contribution in [-0.4, -0.2) is 24.5 Å². The van der Waals surface area contributed by atoms with Gasteiger partial charge in [-0.1, -0.05) is 30.3 Å². The van der Waals surface area contributed by atoms with Gasteiger partial charge in [0.15, 0.2) is 11.5 Å². The van der Waals surface area contributed by atoms with Gasteiger partial charge in [-0.05, 0) is 32.0 Å². The highest BCUT2D eigenvalue weighted by atomic mass is 16.6. The molecule has 0 spiro atoms. The Bertz CT molecular complexity index is 1390. The summed E-state index contributed by atoms with van der Waals surface area (Å²) in [5.74, 6) is 0.306. The SMILES string of the molecule is Cc1nn(-c2ccccc2)c(N)c1N=Nc1nn(-c2ccccc2[N+](=O)[O-])c(C)c1C#N. The van der Waals surface area contributed by atoms with Crippen LogP contribution in [0.2, 0.25) is 0 Å². The number of nitrogens with two attached hydrogens (primary N) is 1. The lowest BCUT2D eigenvalue weighted by Crippen LogP contribution is -2.03. The predicted molar refractivity (Wildman–Crippen MR) is 117 cm³/mol. The number of anilines is 1. The Hall–Kier alpha value is -4.85. The van der Waals surface area contributed by atoms with Crippen LogP contribution >= 0.6 is 0 Å². The van der Waals surface area contributed by atoms with Gasteiger partial charge in [-0.2, -0.15) is 10.4 Å². The fourth-order valence-electron chi connectivity index (χ4n) is 3.24. The van der Waals surface area contributed by atoms with E-state index in [9.17, 15) is 15.4 Å². The summed E-state index contributed by atoms with van der Waals surface area (Å²) in [5.41, 5.74) is 8.52. The minimum atomic E-state index is -0.508. The fraction of sp³-hybridized carbons (Fsp3) is 0.0952. The number of nitriles is 1. The summed E-state index contributed by atoms with van der Waals surface area (Å²) >= 11 is 0. The van der Waals surface area contributed by atoms with E-state index in [0.717, 1.165) is 5.69 Å². The largest absolute Gasteiger partial charge is 0.382 e. The number of nitrogens with zero attached hydrogens (tertiary/aromatic N) is 8. The Morgan fingerprint density at radius 3 is 2.41 bits per heavy atom. The molecule has 2 aromatic carbocycles. The quantitative estimate of drug-likeness (QED) is 0.282. The molecule has 11 nitrogen and oxygen atoms in total. The van der Waals surface area contributed by atoms with E-state index in [2.05, 4.69) is 20.4 Å². The second-order valence-electron chi connectivity index (χ2n) is 6.82. The molecule has 0 bridgehead atoms. The molecule has 2 heterocycles. The summed E-state index contributed by atoms with van der Waals surface area (Å²) in [6.45, 7) is 3.38. The van der Waals surface area contributed by atoms with Crippen molar-refractivity contribution < 1.29 is 4.92 Å². The first kappa shape index (κ1) is 20.4. The first-order valence-electron chi connectivity index (χ1n) is 9.48. The number of para-hydroxylation sites is 3. The van der Waals surface area contributed by atoms with Crippen molar-refractivity contribution in [1.29, 1.82) is 5.26 Å². The first-order valence-corrected chi connectivity index (χ1v) is 9.48. The number of nitro groups is 1. The van der Waals surface area contributed by atoms with Crippen molar-refractivity contribution in [2.24, 2.45) is 10.2 Å². The summed E-state index contributed by atoms with van der Waals surface area (Å²) in [6, 6.07) is 17.5. The van der Waals surface area contributed by atoms with Gasteiger partial charge in [0.05, 0.1) is 22.0 Å². The standard InChI is InChI=1S/C21H17N9O2/c1-13-19(20(23)29(26-13)15-8-4-3-5-9-15)24-25-21-16(12-22)14(2)28(27-21)17-10-6-7-11-18(17)30(31)32/h3-11H,23H2,1-2H3. The van der Waals surface area contributed by atoms with Crippen LogP contribution in [0.15, 0.2) is 64.8 Å². The predicted octanol–water partition coefficient (Wildman–Crippen LogP) is 4.45. The van der Waals surface area contributed by atoms with Gasteiger partial charge in [0, 0.05) is 6.07 Å². The maximum atomic E-state index is 11.4. The average Bonchev–Trinajstić information content (AvgIpc) is 3.27. The third-order valence-electron chi connectivity index (χ3n) is 4.83. The molecule has 0 amide bonds. The van der Waals surface area contributed by atoms with Gasteiger partial charge in [0.2, 0.25) is 5.82 Å². The summed E-state index contributed by atoms with van der Waals surface area (Å²) in [4.78, 5) is 10.9. The smallest absolute Gasteiger partial charge is 0.294 e. The van der Waals surface area contributed by atoms with Crippen LogP contribution in [0.1, 0.15) is 17.0 Å². The van der Waals surface area contributed by atoms with Crippen LogP contribution in [0.3, 0.4) is 0 Å². The van der Waals surface area contributed by atoms with E-state index in [0.29, 0.717) is 17.1 Å². The highest BCUT2D eigenvalue weighted by molar-refractivity contribution is 5.64. The van der Waals surface area contributed by atoms with E-state index < -0.39 is 4.92 Å². The van der Waals surface area contributed by atoms with Crippen molar-refractivity contribution in [3.8, 4) is 17.4 Å². The maximum Gasteiger partial charge on any atom is 0.294 e. The Morgan fingerprint density at radius 1 is 1.03 bits per heavy atom. The van der Waals surface area contributed by atoms with Gasteiger partial charge < -0.3 is 5.73 Å². The summed E-state index contributed by atoms with van der Waals surface area (Å²) in [5, 5.41) is 38.0. The van der Waals surface area contributed by atoms with Gasteiger partial charge in [-0.15, -0.1) is 15.3 Å².